The number of carbonyl (C=O) groups excluding carboxylic acids is 2. The minimum atomic E-state index is -0.877. The molecule has 1 aliphatic rings. The number of halogens is 1. The highest BCUT2D eigenvalue weighted by atomic mass is 19.1. The Bertz CT molecular complexity index is 1460. The van der Waals surface area contributed by atoms with E-state index in [0.717, 1.165) is 20.4 Å². The van der Waals surface area contributed by atoms with E-state index in [1.807, 2.05) is 19.9 Å². The van der Waals surface area contributed by atoms with Crippen LogP contribution in [-0.2, 0) is 16.1 Å². The van der Waals surface area contributed by atoms with E-state index in [0.29, 0.717) is 30.6 Å². The second kappa shape index (κ2) is 10.9. The van der Waals surface area contributed by atoms with E-state index >= 15 is 0 Å². The van der Waals surface area contributed by atoms with E-state index in [4.69, 9.17) is 4.74 Å². The first kappa shape index (κ1) is 26.0. The number of ether oxygens (including phenoxy) is 1. The molecule has 2 aromatic carbocycles. The third kappa shape index (κ3) is 5.52. The first-order valence-corrected chi connectivity index (χ1v) is 12.2. The Hall–Kier alpha value is -4.08. The Morgan fingerprint density at radius 2 is 1.89 bits per heavy atom. The number of amides is 1. The number of rotatable bonds is 6. The summed E-state index contributed by atoms with van der Waals surface area (Å²) in [6.07, 6.45) is 1.13. The van der Waals surface area contributed by atoms with E-state index in [-0.39, 0.29) is 19.7 Å². The van der Waals surface area contributed by atoms with Crippen LogP contribution in [0, 0.1) is 25.6 Å². The first-order valence-electron chi connectivity index (χ1n) is 12.2. The van der Waals surface area contributed by atoms with Crippen molar-refractivity contribution in [2.24, 2.45) is 5.92 Å². The van der Waals surface area contributed by atoms with Crippen molar-refractivity contribution in [3.63, 3.8) is 0 Å². The number of nitrogens with zero attached hydrogens (tertiary/aromatic N) is 4. The second-order valence-electron chi connectivity index (χ2n) is 9.18. The normalized spacial score (nSPS) is 15.5. The summed E-state index contributed by atoms with van der Waals surface area (Å²) in [5, 5.41) is 4.20. The van der Waals surface area contributed by atoms with Crippen molar-refractivity contribution in [1.29, 1.82) is 0 Å². The standard InChI is InChI=1S/C27H29FN4O5/c1-4-37-26(35)20-8-6-12-30(16-20)24(33)23-25(34)31(15-19-7-5-9-21(28)14-19)27(36)32(29-23)22-11-10-17(2)18(3)13-22/h5,7,9-11,13-14,20H,4,6,8,12,15-16H2,1-3H3/t20-/m1/s1. The van der Waals surface area contributed by atoms with Crippen molar-refractivity contribution in [2.75, 3.05) is 19.7 Å². The van der Waals surface area contributed by atoms with Gasteiger partial charge < -0.3 is 9.64 Å². The van der Waals surface area contributed by atoms with E-state index in [9.17, 15) is 23.6 Å². The number of piperidine rings is 1. The molecule has 0 aliphatic carbocycles. The Balaban J connectivity index is 1.81. The van der Waals surface area contributed by atoms with Crippen molar-refractivity contribution >= 4 is 11.9 Å². The van der Waals surface area contributed by atoms with Gasteiger partial charge in [-0.2, -0.15) is 9.78 Å². The third-order valence-corrected chi connectivity index (χ3v) is 6.56. The second-order valence-corrected chi connectivity index (χ2v) is 9.18. The van der Waals surface area contributed by atoms with Gasteiger partial charge in [0.2, 0.25) is 5.69 Å². The quantitative estimate of drug-likeness (QED) is 0.474. The lowest BCUT2D eigenvalue weighted by atomic mass is 9.98. The molecule has 3 aromatic rings. The summed E-state index contributed by atoms with van der Waals surface area (Å²) >= 11 is 0. The van der Waals surface area contributed by atoms with Crippen LogP contribution in [-0.4, -0.2) is 50.8 Å². The fraction of sp³-hybridized carbons (Fsp3) is 0.370. The molecule has 2 heterocycles. The number of esters is 1. The van der Waals surface area contributed by atoms with Crippen LogP contribution in [0.1, 0.15) is 46.9 Å². The lowest BCUT2D eigenvalue weighted by molar-refractivity contribution is -0.149. The lowest BCUT2D eigenvalue weighted by Crippen LogP contribution is -2.49. The minimum absolute atomic E-state index is 0.0887. The fourth-order valence-electron chi connectivity index (χ4n) is 4.40. The maximum atomic E-state index is 13.8. The molecule has 0 unspecified atom stereocenters. The predicted molar refractivity (Wildman–Crippen MR) is 134 cm³/mol. The Labute approximate surface area is 213 Å². The number of carbonyl (C=O) groups is 2. The van der Waals surface area contributed by atoms with Crippen molar-refractivity contribution in [2.45, 2.75) is 40.2 Å². The van der Waals surface area contributed by atoms with Crippen LogP contribution in [0.15, 0.2) is 52.1 Å². The number of benzene rings is 2. The summed E-state index contributed by atoms with van der Waals surface area (Å²) in [5.41, 5.74) is 0.595. The molecule has 37 heavy (non-hydrogen) atoms. The summed E-state index contributed by atoms with van der Waals surface area (Å²) in [4.78, 5) is 54.1. The van der Waals surface area contributed by atoms with Gasteiger partial charge in [0.1, 0.15) is 5.82 Å². The molecule has 0 N–H and O–H groups in total. The maximum absolute atomic E-state index is 13.8. The predicted octanol–water partition coefficient (Wildman–Crippen LogP) is 2.61. The number of likely N-dealkylation sites (tertiary alicyclic amines) is 1. The van der Waals surface area contributed by atoms with Gasteiger partial charge in [-0.25, -0.2) is 9.18 Å². The molecular formula is C27H29FN4O5. The van der Waals surface area contributed by atoms with E-state index in [1.165, 1.54) is 23.1 Å². The van der Waals surface area contributed by atoms with Gasteiger partial charge in [0.15, 0.2) is 0 Å². The van der Waals surface area contributed by atoms with Crippen molar-refractivity contribution in [3.05, 3.63) is 91.5 Å². The molecule has 1 saturated heterocycles. The molecule has 1 aliphatic heterocycles. The van der Waals surface area contributed by atoms with Crippen LogP contribution >= 0.6 is 0 Å². The zero-order chi connectivity index (χ0) is 26.7. The Morgan fingerprint density at radius 1 is 1.11 bits per heavy atom. The van der Waals surface area contributed by atoms with Gasteiger partial charge in [-0.1, -0.05) is 18.2 Å². The van der Waals surface area contributed by atoms with Gasteiger partial charge in [0.05, 0.1) is 24.8 Å². The molecule has 1 fully saturated rings. The average molecular weight is 509 g/mol. The van der Waals surface area contributed by atoms with Crippen LogP contribution in [0.4, 0.5) is 4.39 Å². The summed E-state index contributed by atoms with van der Waals surface area (Å²) in [5.74, 6) is -2.08. The number of aryl methyl sites for hydroxylation is 2. The molecule has 0 saturated carbocycles. The zero-order valence-corrected chi connectivity index (χ0v) is 21.1. The minimum Gasteiger partial charge on any atom is -0.466 e. The largest absolute Gasteiger partial charge is 0.466 e. The zero-order valence-electron chi connectivity index (χ0n) is 21.1. The summed E-state index contributed by atoms with van der Waals surface area (Å²) in [6, 6.07) is 10.8. The summed E-state index contributed by atoms with van der Waals surface area (Å²) in [6.45, 7) is 5.93. The molecule has 1 atom stereocenters. The number of hydrogen-bond acceptors (Lipinski definition) is 6. The molecule has 4 rings (SSSR count). The molecule has 1 amide bonds. The number of aromatic nitrogens is 3. The summed E-state index contributed by atoms with van der Waals surface area (Å²) < 4.78 is 20.8. The van der Waals surface area contributed by atoms with Crippen LogP contribution in [0.2, 0.25) is 0 Å². The highest BCUT2D eigenvalue weighted by Crippen LogP contribution is 2.19. The van der Waals surface area contributed by atoms with E-state index in [2.05, 4.69) is 5.10 Å². The van der Waals surface area contributed by atoms with Gasteiger partial charge in [0, 0.05) is 13.1 Å². The lowest BCUT2D eigenvalue weighted by Gasteiger charge is -2.31. The molecule has 0 radical (unpaired) electrons. The molecule has 1 aromatic heterocycles. The van der Waals surface area contributed by atoms with Crippen LogP contribution in [0.5, 0.6) is 0 Å². The molecular weight excluding hydrogens is 479 g/mol. The summed E-state index contributed by atoms with van der Waals surface area (Å²) in [7, 11) is 0. The van der Waals surface area contributed by atoms with Crippen molar-refractivity contribution in [3.8, 4) is 5.69 Å². The topological polar surface area (TPSA) is 104 Å². The average Bonchev–Trinajstić information content (AvgIpc) is 2.88. The van der Waals surface area contributed by atoms with Gasteiger partial charge in [-0.15, -0.1) is 0 Å². The Morgan fingerprint density at radius 3 is 2.59 bits per heavy atom. The molecule has 9 nitrogen and oxygen atoms in total. The fourth-order valence-corrected chi connectivity index (χ4v) is 4.40. The monoisotopic (exact) mass is 508 g/mol. The molecule has 194 valence electrons. The van der Waals surface area contributed by atoms with Crippen LogP contribution in [0.25, 0.3) is 5.69 Å². The van der Waals surface area contributed by atoms with Gasteiger partial charge in [0.25, 0.3) is 11.5 Å². The van der Waals surface area contributed by atoms with E-state index in [1.54, 1.807) is 25.1 Å². The third-order valence-electron chi connectivity index (χ3n) is 6.56. The maximum Gasteiger partial charge on any atom is 0.352 e. The van der Waals surface area contributed by atoms with Crippen molar-refractivity contribution in [1.82, 2.24) is 19.2 Å². The van der Waals surface area contributed by atoms with Crippen molar-refractivity contribution < 1.29 is 18.7 Å². The smallest absolute Gasteiger partial charge is 0.352 e. The molecule has 0 spiro atoms. The molecule has 0 bridgehead atoms. The highest BCUT2D eigenvalue weighted by Gasteiger charge is 2.32. The highest BCUT2D eigenvalue weighted by molar-refractivity contribution is 5.92. The van der Waals surface area contributed by atoms with Crippen LogP contribution in [0.3, 0.4) is 0 Å². The van der Waals surface area contributed by atoms with Crippen LogP contribution < -0.4 is 11.2 Å². The first-order chi connectivity index (χ1) is 17.7. The molecule has 10 heteroatoms. The SMILES string of the molecule is CCOC(=O)[C@@H]1CCCN(C(=O)c2nn(-c3ccc(C)c(C)c3)c(=O)n(Cc3cccc(F)c3)c2=O)C1. The van der Waals surface area contributed by atoms with Gasteiger partial charge >= 0.3 is 11.7 Å². The number of hydrogen-bond donors (Lipinski definition) is 0. The Kier molecular flexibility index (Phi) is 7.66. The van der Waals surface area contributed by atoms with Gasteiger partial charge in [-0.3, -0.25) is 19.0 Å². The van der Waals surface area contributed by atoms with Gasteiger partial charge in [-0.05, 0) is 74.6 Å². The van der Waals surface area contributed by atoms with E-state index < -0.39 is 40.6 Å².